The summed E-state index contributed by atoms with van der Waals surface area (Å²) in [5.74, 6) is 0. The first-order valence-electron chi connectivity index (χ1n) is 5.99. The molecular weight excluding hydrogens is 186 g/mol. The molecule has 0 bridgehead atoms. The van der Waals surface area contributed by atoms with Gasteiger partial charge in [-0.15, -0.1) is 6.58 Å². The molecule has 0 aliphatic heterocycles. The smallest absolute Gasteiger partial charge is 0.0671 e. The maximum Gasteiger partial charge on any atom is 0.0671 e. The van der Waals surface area contributed by atoms with E-state index in [1.165, 1.54) is 0 Å². The van der Waals surface area contributed by atoms with Crippen LogP contribution < -0.4 is 5.32 Å². The molecule has 0 aliphatic carbocycles. The van der Waals surface area contributed by atoms with Crippen molar-refractivity contribution >= 4 is 0 Å². The molecule has 2 nitrogen and oxygen atoms in total. The molecule has 90 valence electrons. The Morgan fingerprint density at radius 3 is 2.67 bits per heavy atom. The summed E-state index contributed by atoms with van der Waals surface area (Å²) in [7, 11) is 0. The first-order valence-corrected chi connectivity index (χ1v) is 5.99. The number of unbranched alkanes of at least 4 members (excludes halogenated alkanes) is 1. The van der Waals surface area contributed by atoms with Crippen LogP contribution in [0.1, 0.15) is 47.0 Å². The third-order valence-electron chi connectivity index (χ3n) is 2.71. The topological polar surface area (TPSA) is 21.3 Å². The highest BCUT2D eigenvalue weighted by molar-refractivity contribution is 4.76. The van der Waals surface area contributed by atoms with Gasteiger partial charge in [0.25, 0.3) is 0 Å². The first-order chi connectivity index (χ1) is 7.02. The van der Waals surface area contributed by atoms with Gasteiger partial charge in [0.1, 0.15) is 0 Å². The molecule has 1 N–H and O–H groups in total. The molecule has 1 unspecified atom stereocenters. The van der Waals surface area contributed by atoms with Crippen molar-refractivity contribution in [3.63, 3.8) is 0 Å². The van der Waals surface area contributed by atoms with Gasteiger partial charge >= 0.3 is 0 Å². The van der Waals surface area contributed by atoms with Crippen molar-refractivity contribution in [1.29, 1.82) is 0 Å². The molecule has 0 radical (unpaired) electrons. The van der Waals surface area contributed by atoms with Gasteiger partial charge in [-0.2, -0.15) is 0 Å². The second-order valence-corrected chi connectivity index (χ2v) is 4.73. The van der Waals surface area contributed by atoms with E-state index in [0.717, 1.165) is 32.4 Å². The van der Waals surface area contributed by atoms with E-state index in [9.17, 15) is 0 Å². The van der Waals surface area contributed by atoms with Crippen LogP contribution in [0.5, 0.6) is 0 Å². The van der Waals surface area contributed by atoms with E-state index in [1.807, 2.05) is 6.08 Å². The van der Waals surface area contributed by atoms with Crippen LogP contribution in [0.3, 0.4) is 0 Å². The SMILES string of the molecule is C=CCCCOC(C)CNC(C)(C)CC. The average molecular weight is 213 g/mol. The molecule has 0 aromatic carbocycles. The number of ether oxygens (including phenoxy) is 1. The Balaban J connectivity index is 3.48. The van der Waals surface area contributed by atoms with Crippen LogP contribution >= 0.6 is 0 Å². The summed E-state index contributed by atoms with van der Waals surface area (Å²) in [6.07, 6.45) is 5.48. The molecule has 15 heavy (non-hydrogen) atoms. The Morgan fingerprint density at radius 1 is 1.47 bits per heavy atom. The van der Waals surface area contributed by atoms with Crippen LogP contribution in [-0.2, 0) is 4.74 Å². The molecule has 0 spiro atoms. The van der Waals surface area contributed by atoms with E-state index in [1.54, 1.807) is 0 Å². The molecule has 0 amide bonds. The Kier molecular flexibility index (Phi) is 7.71. The van der Waals surface area contributed by atoms with E-state index in [-0.39, 0.29) is 5.54 Å². The molecule has 0 aromatic rings. The molecule has 0 aliphatic rings. The van der Waals surface area contributed by atoms with E-state index < -0.39 is 0 Å². The lowest BCUT2D eigenvalue weighted by Crippen LogP contribution is -2.42. The quantitative estimate of drug-likeness (QED) is 0.469. The molecule has 0 saturated carbocycles. The van der Waals surface area contributed by atoms with Crippen molar-refractivity contribution in [2.24, 2.45) is 0 Å². The van der Waals surface area contributed by atoms with Gasteiger partial charge in [-0.05, 0) is 40.0 Å². The van der Waals surface area contributed by atoms with Crippen molar-refractivity contribution in [3.05, 3.63) is 12.7 Å². The molecule has 0 saturated heterocycles. The van der Waals surface area contributed by atoms with Crippen molar-refractivity contribution in [2.75, 3.05) is 13.2 Å². The maximum atomic E-state index is 5.67. The second kappa shape index (κ2) is 7.89. The van der Waals surface area contributed by atoms with E-state index >= 15 is 0 Å². The van der Waals surface area contributed by atoms with E-state index in [0.29, 0.717) is 6.10 Å². The third-order valence-corrected chi connectivity index (χ3v) is 2.71. The Hall–Kier alpha value is -0.340. The van der Waals surface area contributed by atoms with Gasteiger partial charge in [0.05, 0.1) is 6.10 Å². The molecule has 0 rings (SSSR count). The van der Waals surface area contributed by atoms with Crippen molar-refractivity contribution in [3.8, 4) is 0 Å². The Morgan fingerprint density at radius 2 is 2.13 bits per heavy atom. The molecule has 2 heteroatoms. The van der Waals surface area contributed by atoms with Gasteiger partial charge in [0, 0.05) is 18.7 Å². The summed E-state index contributed by atoms with van der Waals surface area (Å²) in [4.78, 5) is 0. The fourth-order valence-corrected chi connectivity index (χ4v) is 1.12. The number of rotatable bonds is 9. The summed E-state index contributed by atoms with van der Waals surface area (Å²) in [6, 6.07) is 0. The predicted octanol–water partition coefficient (Wildman–Crippen LogP) is 3.14. The summed E-state index contributed by atoms with van der Waals surface area (Å²) < 4.78 is 5.67. The third kappa shape index (κ3) is 8.64. The largest absolute Gasteiger partial charge is 0.377 e. The van der Waals surface area contributed by atoms with E-state index in [2.05, 4.69) is 39.6 Å². The molecule has 0 heterocycles. The second-order valence-electron chi connectivity index (χ2n) is 4.73. The molecule has 0 fully saturated rings. The van der Waals surface area contributed by atoms with Gasteiger partial charge < -0.3 is 10.1 Å². The summed E-state index contributed by atoms with van der Waals surface area (Å²) in [6.45, 7) is 14.2. The predicted molar refractivity (Wildman–Crippen MR) is 67.2 cm³/mol. The van der Waals surface area contributed by atoms with Crippen molar-refractivity contribution in [2.45, 2.75) is 58.6 Å². The average Bonchev–Trinajstić information content (AvgIpc) is 2.22. The van der Waals surface area contributed by atoms with Gasteiger partial charge in [-0.1, -0.05) is 13.0 Å². The summed E-state index contributed by atoms with van der Waals surface area (Å²) in [5.41, 5.74) is 0.221. The minimum Gasteiger partial charge on any atom is -0.377 e. The lowest BCUT2D eigenvalue weighted by molar-refractivity contribution is 0.0594. The van der Waals surface area contributed by atoms with Gasteiger partial charge in [-0.25, -0.2) is 0 Å². The van der Waals surface area contributed by atoms with Crippen molar-refractivity contribution < 1.29 is 4.74 Å². The number of allylic oxidation sites excluding steroid dienone is 1. The summed E-state index contributed by atoms with van der Waals surface area (Å²) >= 11 is 0. The molecule has 1 atom stereocenters. The maximum absolute atomic E-state index is 5.67. The zero-order valence-corrected chi connectivity index (χ0v) is 10.8. The van der Waals surface area contributed by atoms with E-state index in [4.69, 9.17) is 4.74 Å². The monoisotopic (exact) mass is 213 g/mol. The zero-order chi connectivity index (χ0) is 11.7. The molecular formula is C13H27NO. The lowest BCUT2D eigenvalue weighted by atomic mass is 10.0. The van der Waals surface area contributed by atoms with Crippen LogP contribution in [0.4, 0.5) is 0 Å². The van der Waals surface area contributed by atoms with Gasteiger partial charge in [0.15, 0.2) is 0 Å². The Labute approximate surface area is 95.1 Å². The van der Waals surface area contributed by atoms with Crippen LogP contribution in [0.25, 0.3) is 0 Å². The Bertz CT molecular complexity index is 166. The first kappa shape index (κ1) is 14.7. The normalized spacial score (nSPS) is 13.9. The summed E-state index contributed by atoms with van der Waals surface area (Å²) in [5, 5.41) is 3.50. The highest BCUT2D eigenvalue weighted by Gasteiger charge is 2.14. The van der Waals surface area contributed by atoms with Crippen LogP contribution in [0.2, 0.25) is 0 Å². The lowest BCUT2D eigenvalue weighted by Gasteiger charge is -2.26. The number of nitrogens with one attached hydrogen (secondary N) is 1. The zero-order valence-electron chi connectivity index (χ0n) is 10.8. The number of hydrogen-bond donors (Lipinski definition) is 1. The standard InChI is InChI=1S/C13H27NO/c1-6-8-9-10-15-12(3)11-14-13(4,5)7-2/h6,12,14H,1,7-11H2,2-5H3. The highest BCUT2D eigenvalue weighted by atomic mass is 16.5. The minimum atomic E-state index is 0.221. The fourth-order valence-electron chi connectivity index (χ4n) is 1.12. The highest BCUT2D eigenvalue weighted by Crippen LogP contribution is 2.07. The van der Waals surface area contributed by atoms with Crippen molar-refractivity contribution in [1.82, 2.24) is 5.32 Å². The minimum absolute atomic E-state index is 0.221. The fraction of sp³-hybridized carbons (Fsp3) is 0.846. The van der Waals surface area contributed by atoms with Crippen LogP contribution in [0.15, 0.2) is 12.7 Å². The van der Waals surface area contributed by atoms with Crippen LogP contribution in [-0.4, -0.2) is 24.8 Å². The van der Waals surface area contributed by atoms with Gasteiger partial charge in [0.2, 0.25) is 0 Å². The molecule has 0 aromatic heterocycles. The van der Waals surface area contributed by atoms with Crippen LogP contribution in [0, 0.1) is 0 Å². The van der Waals surface area contributed by atoms with Gasteiger partial charge in [-0.3, -0.25) is 0 Å². The number of hydrogen-bond acceptors (Lipinski definition) is 2.